The molecule has 0 bridgehead atoms. The molecule has 0 atom stereocenters. The summed E-state index contributed by atoms with van der Waals surface area (Å²) in [4.78, 5) is 5.03. The average molecular weight is 234 g/mol. The summed E-state index contributed by atoms with van der Waals surface area (Å²) in [7, 11) is 0. The van der Waals surface area contributed by atoms with Crippen molar-refractivity contribution in [2.75, 3.05) is 5.73 Å². The van der Waals surface area contributed by atoms with Gasteiger partial charge in [-0.2, -0.15) is 0 Å². The minimum atomic E-state index is 0.528. The minimum Gasteiger partial charge on any atom is -0.487 e. The molecule has 84 valence electrons. The van der Waals surface area contributed by atoms with Gasteiger partial charge in [0, 0.05) is 6.20 Å². The van der Waals surface area contributed by atoms with E-state index in [-0.39, 0.29) is 0 Å². The lowest BCUT2D eigenvalue weighted by Crippen LogP contribution is -1.97. The summed E-state index contributed by atoms with van der Waals surface area (Å²) < 4.78 is 5.78. The van der Waals surface area contributed by atoms with Crippen molar-refractivity contribution >= 4 is 16.5 Å². The van der Waals surface area contributed by atoms with Crippen LogP contribution in [-0.2, 0) is 6.61 Å². The van der Waals surface area contributed by atoms with Gasteiger partial charge in [0.1, 0.15) is 12.4 Å². The molecule has 0 saturated carbocycles. The van der Waals surface area contributed by atoms with Crippen LogP contribution in [0.5, 0.6) is 5.75 Å². The molecular formula is C12H14N2OS. The summed E-state index contributed by atoms with van der Waals surface area (Å²) in [6.07, 6.45) is 1.76. The number of rotatable bonds is 3. The highest BCUT2D eigenvalue weighted by Crippen LogP contribution is 2.24. The summed E-state index contributed by atoms with van der Waals surface area (Å²) in [5.74, 6) is 0.953. The molecule has 1 aromatic carbocycles. The van der Waals surface area contributed by atoms with Gasteiger partial charge < -0.3 is 10.5 Å². The van der Waals surface area contributed by atoms with Crippen LogP contribution >= 0.6 is 11.3 Å². The van der Waals surface area contributed by atoms with Crippen LogP contribution in [-0.4, -0.2) is 4.98 Å². The first-order valence-corrected chi connectivity index (χ1v) is 5.87. The summed E-state index contributed by atoms with van der Waals surface area (Å²) in [6.45, 7) is 4.62. The van der Waals surface area contributed by atoms with Gasteiger partial charge in [-0.3, -0.25) is 0 Å². The van der Waals surface area contributed by atoms with E-state index in [4.69, 9.17) is 10.5 Å². The second-order valence-electron chi connectivity index (χ2n) is 3.67. The predicted octanol–water partition coefficient (Wildman–Crippen LogP) is 2.92. The minimum absolute atomic E-state index is 0.528. The van der Waals surface area contributed by atoms with Crippen LogP contribution in [0.2, 0.25) is 0 Å². The number of nitrogens with two attached hydrogens (primary N) is 1. The molecule has 0 saturated heterocycles. The van der Waals surface area contributed by atoms with Crippen LogP contribution in [0.15, 0.2) is 24.4 Å². The van der Waals surface area contributed by atoms with Crippen LogP contribution in [0.4, 0.5) is 5.13 Å². The third-order valence-corrected chi connectivity index (χ3v) is 3.14. The Morgan fingerprint density at radius 3 is 2.56 bits per heavy atom. The van der Waals surface area contributed by atoms with Gasteiger partial charge in [0.05, 0.1) is 4.88 Å². The number of nitrogens with zero attached hydrogens (tertiary/aromatic N) is 1. The fourth-order valence-electron chi connectivity index (χ4n) is 1.56. The van der Waals surface area contributed by atoms with Crippen molar-refractivity contribution in [3.8, 4) is 5.75 Å². The van der Waals surface area contributed by atoms with Gasteiger partial charge in [-0.15, -0.1) is 0 Å². The Morgan fingerprint density at radius 2 is 2.00 bits per heavy atom. The molecule has 1 heterocycles. The number of para-hydroxylation sites is 1. The smallest absolute Gasteiger partial charge is 0.180 e. The third kappa shape index (κ3) is 2.33. The van der Waals surface area contributed by atoms with Crippen LogP contribution in [0, 0.1) is 13.8 Å². The van der Waals surface area contributed by atoms with Gasteiger partial charge in [0.2, 0.25) is 0 Å². The van der Waals surface area contributed by atoms with E-state index in [0.717, 1.165) is 21.8 Å². The highest BCUT2D eigenvalue weighted by atomic mass is 32.1. The van der Waals surface area contributed by atoms with Crippen molar-refractivity contribution in [2.45, 2.75) is 20.5 Å². The van der Waals surface area contributed by atoms with Crippen LogP contribution < -0.4 is 10.5 Å². The number of hydrogen-bond acceptors (Lipinski definition) is 4. The number of hydrogen-bond donors (Lipinski definition) is 1. The van der Waals surface area contributed by atoms with Gasteiger partial charge in [-0.1, -0.05) is 29.5 Å². The van der Waals surface area contributed by atoms with Crippen molar-refractivity contribution in [2.24, 2.45) is 0 Å². The molecule has 4 heteroatoms. The number of ether oxygens (including phenoxy) is 1. The van der Waals surface area contributed by atoms with E-state index >= 15 is 0 Å². The Morgan fingerprint density at radius 1 is 1.31 bits per heavy atom. The van der Waals surface area contributed by atoms with E-state index < -0.39 is 0 Å². The number of nitrogen functional groups attached to an aromatic ring is 1. The molecule has 0 unspecified atom stereocenters. The molecule has 1 aromatic heterocycles. The molecule has 0 fully saturated rings. The maximum atomic E-state index is 5.78. The lowest BCUT2D eigenvalue weighted by Gasteiger charge is -2.10. The maximum absolute atomic E-state index is 5.78. The Bertz CT molecular complexity index is 473. The first kappa shape index (κ1) is 11.0. The molecule has 2 rings (SSSR count). The zero-order valence-corrected chi connectivity index (χ0v) is 10.2. The molecule has 3 nitrogen and oxygen atoms in total. The maximum Gasteiger partial charge on any atom is 0.180 e. The van der Waals surface area contributed by atoms with Gasteiger partial charge in [-0.25, -0.2) is 4.98 Å². The van der Waals surface area contributed by atoms with Crippen molar-refractivity contribution in [3.05, 3.63) is 40.4 Å². The van der Waals surface area contributed by atoms with Crippen molar-refractivity contribution in [1.82, 2.24) is 4.98 Å². The summed E-state index contributed by atoms with van der Waals surface area (Å²) >= 11 is 1.46. The summed E-state index contributed by atoms with van der Waals surface area (Å²) in [6, 6.07) is 6.12. The van der Waals surface area contributed by atoms with Crippen LogP contribution in [0.25, 0.3) is 0 Å². The zero-order chi connectivity index (χ0) is 11.5. The van der Waals surface area contributed by atoms with Crippen LogP contribution in [0.3, 0.4) is 0 Å². The standard InChI is InChI=1S/C12H14N2OS/c1-8-4-3-5-9(2)11(8)15-7-10-6-14-12(13)16-10/h3-6H,7H2,1-2H3,(H2,13,14). The van der Waals surface area contributed by atoms with Gasteiger partial charge in [-0.05, 0) is 25.0 Å². The molecule has 0 spiro atoms. The zero-order valence-electron chi connectivity index (χ0n) is 9.36. The molecule has 0 radical (unpaired) electrons. The number of benzene rings is 1. The van der Waals surface area contributed by atoms with E-state index in [9.17, 15) is 0 Å². The second-order valence-corrected chi connectivity index (χ2v) is 4.82. The van der Waals surface area contributed by atoms with Crippen LogP contribution in [0.1, 0.15) is 16.0 Å². The summed E-state index contributed by atoms with van der Waals surface area (Å²) in [5.41, 5.74) is 7.86. The van der Waals surface area contributed by atoms with Gasteiger partial charge >= 0.3 is 0 Å². The quantitative estimate of drug-likeness (QED) is 0.888. The van der Waals surface area contributed by atoms with E-state index in [1.54, 1.807) is 6.20 Å². The van der Waals surface area contributed by atoms with E-state index in [1.165, 1.54) is 11.3 Å². The Hall–Kier alpha value is -1.55. The van der Waals surface area contributed by atoms with E-state index in [2.05, 4.69) is 4.98 Å². The average Bonchev–Trinajstić information content (AvgIpc) is 2.63. The van der Waals surface area contributed by atoms with E-state index in [1.807, 2.05) is 32.0 Å². The topological polar surface area (TPSA) is 48.1 Å². The third-order valence-electron chi connectivity index (χ3n) is 2.34. The molecule has 2 N–H and O–H groups in total. The molecule has 0 aliphatic rings. The number of aromatic nitrogens is 1. The molecule has 0 aliphatic heterocycles. The number of aryl methyl sites for hydroxylation is 2. The van der Waals surface area contributed by atoms with Crippen molar-refractivity contribution in [1.29, 1.82) is 0 Å². The molecule has 2 aromatic rings. The molecular weight excluding hydrogens is 220 g/mol. The Balaban J connectivity index is 2.10. The normalized spacial score (nSPS) is 10.4. The first-order chi connectivity index (χ1) is 7.66. The first-order valence-electron chi connectivity index (χ1n) is 5.06. The van der Waals surface area contributed by atoms with Gasteiger partial charge in [0.15, 0.2) is 5.13 Å². The number of anilines is 1. The highest BCUT2D eigenvalue weighted by Gasteiger charge is 2.05. The predicted molar refractivity (Wildman–Crippen MR) is 66.8 cm³/mol. The summed E-state index contributed by atoms with van der Waals surface area (Å²) in [5, 5.41) is 0.583. The van der Waals surface area contributed by atoms with Gasteiger partial charge in [0.25, 0.3) is 0 Å². The van der Waals surface area contributed by atoms with E-state index in [0.29, 0.717) is 11.7 Å². The van der Waals surface area contributed by atoms with Crippen molar-refractivity contribution < 1.29 is 4.74 Å². The fourth-order valence-corrected chi connectivity index (χ4v) is 2.16. The molecule has 0 aliphatic carbocycles. The monoisotopic (exact) mass is 234 g/mol. The second kappa shape index (κ2) is 4.53. The largest absolute Gasteiger partial charge is 0.487 e. The fraction of sp³-hybridized carbons (Fsp3) is 0.250. The highest BCUT2D eigenvalue weighted by molar-refractivity contribution is 7.15. The molecule has 16 heavy (non-hydrogen) atoms. The lowest BCUT2D eigenvalue weighted by molar-refractivity contribution is 0.305. The lowest BCUT2D eigenvalue weighted by atomic mass is 10.1. The van der Waals surface area contributed by atoms with Crippen molar-refractivity contribution in [3.63, 3.8) is 0 Å². The SMILES string of the molecule is Cc1cccc(C)c1OCc1cnc(N)s1. The Kier molecular flexibility index (Phi) is 3.10. The Labute approximate surface area is 98.9 Å². The number of thiazole rings is 1. The molecule has 0 amide bonds.